The van der Waals surface area contributed by atoms with E-state index in [9.17, 15) is 9.90 Å². The van der Waals surface area contributed by atoms with E-state index in [0.717, 1.165) is 42.7 Å². The average Bonchev–Trinajstić information content (AvgIpc) is 2.83. The predicted molar refractivity (Wildman–Crippen MR) is 75.6 cm³/mol. The molecule has 1 saturated heterocycles. The van der Waals surface area contributed by atoms with Crippen molar-refractivity contribution in [1.29, 1.82) is 0 Å². The van der Waals surface area contributed by atoms with Gasteiger partial charge in [-0.25, -0.2) is 4.98 Å². The Hall–Kier alpha value is -1.88. The van der Waals surface area contributed by atoms with Gasteiger partial charge >= 0.3 is 5.97 Å². The van der Waals surface area contributed by atoms with Crippen molar-refractivity contribution in [2.24, 2.45) is 0 Å². The summed E-state index contributed by atoms with van der Waals surface area (Å²) in [6, 6.07) is 3.66. The fourth-order valence-electron chi connectivity index (χ4n) is 2.95. The number of hydrogen-bond donors (Lipinski definition) is 1. The van der Waals surface area contributed by atoms with Crippen molar-refractivity contribution in [2.45, 2.75) is 38.8 Å². The van der Waals surface area contributed by atoms with Crippen molar-refractivity contribution >= 4 is 11.6 Å². The van der Waals surface area contributed by atoms with Crippen molar-refractivity contribution in [3.8, 4) is 0 Å². The minimum absolute atomic E-state index is 0.366. The first-order valence-electron chi connectivity index (χ1n) is 7.05. The molecule has 0 amide bonds. The number of carbonyl (C=O) groups is 1. The molecule has 0 saturated carbocycles. The second-order valence-corrected chi connectivity index (χ2v) is 5.47. The quantitative estimate of drug-likeness (QED) is 0.930. The van der Waals surface area contributed by atoms with E-state index in [1.165, 1.54) is 0 Å². The lowest BCUT2D eigenvalue weighted by atomic mass is 10.0. The first kappa shape index (κ1) is 13.1. The van der Waals surface area contributed by atoms with Crippen LogP contribution in [0.1, 0.15) is 30.5 Å². The van der Waals surface area contributed by atoms with Crippen LogP contribution in [0.4, 0.5) is 0 Å². The normalized spacial score (nSPS) is 20.4. The summed E-state index contributed by atoms with van der Waals surface area (Å²) in [5.74, 6) is -0.718. The van der Waals surface area contributed by atoms with Crippen LogP contribution < -0.4 is 0 Å². The number of carboxylic acid groups (broad SMARTS) is 1. The van der Waals surface area contributed by atoms with E-state index in [1.807, 2.05) is 40.8 Å². The van der Waals surface area contributed by atoms with Gasteiger partial charge in [0.05, 0.1) is 5.69 Å². The monoisotopic (exact) mass is 273 g/mol. The summed E-state index contributed by atoms with van der Waals surface area (Å²) in [5.41, 5.74) is 3.02. The van der Waals surface area contributed by atoms with Gasteiger partial charge in [0.25, 0.3) is 0 Å². The molecule has 1 unspecified atom stereocenters. The molecule has 1 fully saturated rings. The number of likely N-dealkylation sites (tertiary alicyclic amines) is 1. The molecule has 0 radical (unpaired) electrons. The molecule has 0 aliphatic carbocycles. The lowest BCUT2D eigenvalue weighted by molar-refractivity contribution is -0.144. The van der Waals surface area contributed by atoms with Gasteiger partial charge in [-0.1, -0.05) is 12.5 Å². The molecule has 0 spiro atoms. The van der Waals surface area contributed by atoms with Gasteiger partial charge in [-0.2, -0.15) is 0 Å². The second-order valence-electron chi connectivity index (χ2n) is 5.47. The van der Waals surface area contributed by atoms with Gasteiger partial charge < -0.3 is 9.51 Å². The van der Waals surface area contributed by atoms with E-state index in [2.05, 4.69) is 4.98 Å². The summed E-state index contributed by atoms with van der Waals surface area (Å²) < 4.78 is 2.00. The number of nitrogens with zero attached hydrogens (tertiary/aromatic N) is 3. The van der Waals surface area contributed by atoms with Gasteiger partial charge in [0.15, 0.2) is 0 Å². The molecule has 2 aromatic heterocycles. The van der Waals surface area contributed by atoms with E-state index in [-0.39, 0.29) is 6.04 Å². The first-order chi connectivity index (χ1) is 9.65. The molecule has 0 bridgehead atoms. The highest BCUT2D eigenvalue weighted by Crippen LogP contribution is 2.20. The summed E-state index contributed by atoms with van der Waals surface area (Å²) in [4.78, 5) is 18.0. The average molecular weight is 273 g/mol. The van der Waals surface area contributed by atoms with Crippen LogP contribution in [0.2, 0.25) is 0 Å². The van der Waals surface area contributed by atoms with Crippen LogP contribution in [-0.4, -0.2) is 37.9 Å². The number of aliphatic carboxylic acids is 1. The zero-order valence-electron chi connectivity index (χ0n) is 11.6. The molecule has 20 heavy (non-hydrogen) atoms. The Labute approximate surface area is 117 Å². The van der Waals surface area contributed by atoms with Crippen LogP contribution in [-0.2, 0) is 11.3 Å². The molecular weight excluding hydrogens is 254 g/mol. The molecule has 1 atom stereocenters. The molecule has 1 aliphatic heterocycles. The summed E-state index contributed by atoms with van der Waals surface area (Å²) >= 11 is 0. The third-order valence-electron chi connectivity index (χ3n) is 3.99. The van der Waals surface area contributed by atoms with E-state index in [4.69, 9.17) is 0 Å². The van der Waals surface area contributed by atoms with Gasteiger partial charge in [-0.15, -0.1) is 0 Å². The summed E-state index contributed by atoms with van der Waals surface area (Å²) in [6.07, 6.45) is 6.77. The van der Waals surface area contributed by atoms with Crippen molar-refractivity contribution in [1.82, 2.24) is 14.3 Å². The molecule has 3 heterocycles. The van der Waals surface area contributed by atoms with Crippen molar-refractivity contribution in [2.75, 3.05) is 6.54 Å². The third kappa shape index (κ3) is 2.41. The number of fused-ring (bicyclic) bond motifs is 1. The Balaban J connectivity index is 1.84. The Morgan fingerprint density at radius 3 is 3.10 bits per heavy atom. The van der Waals surface area contributed by atoms with E-state index in [1.54, 1.807) is 0 Å². The van der Waals surface area contributed by atoms with Gasteiger partial charge in [-0.3, -0.25) is 9.69 Å². The molecular formula is C15H19N3O2. The fourth-order valence-corrected chi connectivity index (χ4v) is 2.95. The number of piperidine rings is 1. The van der Waals surface area contributed by atoms with Gasteiger partial charge in [0.2, 0.25) is 0 Å². The van der Waals surface area contributed by atoms with Gasteiger partial charge in [-0.05, 0) is 37.9 Å². The highest BCUT2D eigenvalue weighted by atomic mass is 16.4. The van der Waals surface area contributed by atoms with E-state index in [0.29, 0.717) is 6.54 Å². The van der Waals surface area contributed by atoms with Crippen LogP contribution >= 0.6 is 0 Å². The fraction of sp³-hybridized carbons (Fsp3) is 0.467. The Bertz CT molecular complexity index is 635. The lowest BCUT2D eigenvalue weighted by Crippen LogP contribution is -2.44. The number of hydrogen-bond acceptors (Lipinski definition) is 3. The molecule has 0 aromatic carbocycles. The zero-order valence-corrected chi connectivity index (χ0v) is 11.6. The highest BCUT2D eigenvalue weighted by molar-refractivity contribution is 5.73. The number of imidazole rings is 1. The molecule has 5 heteroatoms. The van der Waals surface area contributed by atoms with Crippen molar-refractivity contribution < 1.29 is 9.90 Å². The topological polar surface area (TPSA) is 57.8 Å². The van der Waals surface area contributed by atoms with E-state index >= 15 is 0 Å². The predicted octanol–water partition coefficient (Wildman–Crippen LogP) is 2.08. The van der Waals surface area contributed by atoms with Crippen LogP contribution in [0.25, 0.3) is 5.65 Å². The maximum atomic E-state index is 11.3. The molecule has 5 nitrogen and oxygen atoms in total. The van der Waals surface area contributed by atoms with Gasteiger partial charge in [0, 0.05) is 18.9 Å². The Morgan fingerprint density at radius 1 is 1.50 bits per heavy atom. The standard InChI is InChI=1S/C15H19N3O2/c1-11-5-4-8-18-10-12(16-14(11)18)9-17-7-3-2-6-13(17)15(19)20/h4-5,8,10,13H,2-3,6-7,9H2,1H3,(H,19,20). The van der Waals surface area contributed by atoms with E-state index < -0.39 is 5.97 Å². The Morgan fingerprint density at radius 2 is 2.35 bits per heavy atom. The molecule has 3 rings (SSSR count). The first-order valence-corrected chi connectivity index (χ1v) is 7.05. The number of aryl methyl sites for hydroxylation is 1. The highest BCUT2D eigenvalue weighted by Gasteiger charge is 2.28. The third-order valence-corrected chi connectivity index (χ3v) is 3.99. The SMILES string of the molecule is Cc1cccn2cc(CN3CCCCC3C(=O)O)nc12. The van der Waals surface area contributed by atoms with Crippen LogP contribution in [0.5, 0.6) is 0 Å². The summed E-state index contributed by atoms with van der Waals surface area (Å²) in [5, 5.41) is 9.30. The maximum absolute atomic E-state index is 11.3. The number of carboxylic acids is 1. The maximum Gasteiger partial charge on any atom is 0.320 e. The number of rotatable bonds is 3. The van der Waals surface area contributed by atoms with Crippen molar-refractivity contribution in [3.05, 3.63) is 35.8 Å². The molecule has 2 aromatic rings. The van der Waals surface area contributed by atoms with Crippen LogP contribution in [0.3, 0.4) is 0 Å². The Kier molecular flexibility index (Phi) is 3.44. The largest absolute Gasteiger partial charge is 0.480 e. The minimum atomic E-state index is -0.718. The number of pyridine rings is 1. The molecule has 1 N–H and O–H groups in total. The second kappa shape index (κ2) is 5.25. The minimum Gasteiger partial charge on any atom is -0.480 e. The van der Waals surface area contributed by atoms with Crippen LogP contribution in [0.15, 0.2) is 24.5 Å². The van der Waals surface area contributed by atoms with Gasteiger partial charge in [0.1, 0.15) is 11.7 Å². The van der Waals surface area contributed by atoms with Crippen molar-refractivity contribution in [3.63, 3.8) is 0 Å². The number of aromatic nitrogens is 2. The summed E-state index contributed by atoms with van der Waals surface area (Å²) in [6.45, 7) is 3.48. The molecule has 1 aliphatic rings. The molecule has 106 valence electrons. The summed E-state index contributed by atoms with van der Waals surface area (Å²) in [7, 11) is 0. The van der Waals surface area contributed by atoms with Crippen LogP contribution in [0, 0.1) is 6.92 Å². The smallest absolute Gasteiger partial charge is 0.320 e. The lowest BCUT2D eigenvalue weighted by Gasteiger charge is -2.32. The zero-order chi connectivity index (χ0) is 14.1.